The number of aliphatic carboxylic acids is 1. The van der Waals surface area contributed by atoms with Crippen molar-refractivity contribution in [2.45, 2.75) is 31.3 Å². The van der Waals surface area contributed by atoms with Gasteiger partial charge in [-0.3, -0.25) is 4.79 Å². The summed E-state index contributed by atoms with van der Waals surface area (Å²) in [7, 11) is 0. The van der Waals surface area contributed by atoms with Gasteiger partial charge in [-0.2, -0.15) is 11.8 Å². The summed E-state index contributed by atoms with van der Waals surface area (Å²) in [5.41, 5.74) is 1.55. The van der Waals surface area contributed by atoms with Crippen LogP contribution in [0.1, 0.15) is 24.7 Å². The van der Waals surface area contributed by atoms with Crippen LogP contribution in [0.2, 0.25) is 0 Å². The Morgan fingerprint density at radius 1 is 1.64 bits per heavy atom. The second-order valence-corrected chi connectivity index (χ2v) is 4.44. The van der Waals surface area contributed by atoms with E-state index in [1.54, 1.807) is 0 Å². The van der Waals surface area contributed by atoms with Crippen LogP contribution in [-0.4, -0.2) is 26.6 Å². The lowest BCUT2D eigenvalue weighted by molar-refractivity contribution is -0.136. The first-order chi connectivity index (χ1) is 6.59. The summed E-state index contributed by atoms with van der Waals surface area (Å²) in [6.45, 7) is 3.69. The van der Waals surface area contributed by atoms with Crippen molar-refractivity contribution in [3.63, 3.8) is 0 Å². The molecule has 0 amide bonds. The van der Waals surface area contributed by atoms with Gasteiger partial charge in [0.15, 0.2) is 0 Å². The summed E-state index contributed by atoms with van der Waals surface area (Å²) < 4.78 is 4.53. The second kappa shape index (κ2) is 4.99. The number of hydrogen-bond acceptors (Lipinski definition) is 5. The van der Waals surface area contributed by atoms with Crippen LogP contribution in [0.4, 0.5) is 0 Å². The largest absolute Gasteiger partial charge is 0.481 e. The molecule has 0 aliphatic rings. The number of aryl methyl sites for hydroxylation is 1. The molecule has 1 heterocycles. The topological polar surface area (TPSA) is 76.2 Å². The van der Waals surface area contributed by atoms with Crippen LogP contribution in [0.25, 0.3) is 0 Å². The molecule has 6 heteroatoms. The molecule has 1 rings (SSSR count). The highest BCUT2D eigenvalue weighted by atomic mass is 32.2. The van der Waals surface area contributed by atoms with Gasteiger partial charge in [-0.15, -0.1) is 0 Å². The predicted octanol–water partition coefficient (Wildman–Crippen LogP) is 1.47. The molecule has 0 aromatic carbocycles. The molecule has 0 aliphatic heterocycles. The van der Waals surface area contributed by atoms with E-state index < -0.39 is 5.97 Å². The Balaban J connectivity index is 2.34. The van der Waals surface area contributed by atoms with Crippen LogP contribution < -0.4 is 0 Å². The van der Waals surface area contributed by atoms with Gasteiger partial charge >= 0.3 is 5.97 Å². The van der Waals surface area contributed by atoms with Crippen molar-refractivity contribution in [3.8, 4) is 0 Å². The molecule has 1 atom stereocenters. The zero-order valence-electron chi connectivity index (χ0n) is 8.06. The van der Waals surface area contributed by atoms with Gasteiger partial charge in [-0.1, -0.05) is 17.2 Å². The van der Waals surface area contributed by atoms with Gasteiger partial charge < -0.3 is 5.11 Å². The van der Waals surface area contributed by atoms with Crippen molar-refractivity contribution in [1.29, 1.82) is 0 Å². The number of carboxylic acids is 1. The van der Waals surface area contributed by atoms with E-state index >= 15 is 0 Å². The van der Waals surface area contributed by atoms with E-state index in [0.717, 1.165) is 11.4 Å². The van der Waals surface area contributed by atoms with Crippen LogP contribution in [-0.2, 0) is 10.5 Å². The fraction of sp³-hybridized carbons (Fsp3) is 0.625. The standard InChI is InChI=1S/C8H12N2O3S/c1-5(3-8(11)12)14-4-7-6(2)9-13-10-7/h5H,3-4H2,1-2H3,(H,11,12). The molecule has 14 heavy (non-hydrogen) atoms. The first-order valence-electron chi connectivity index (χ1n) is 4.21. The van der Waals surface area contributed by atoms with E-state index in [0.29, 0.717) is 5.75 Å². The molecule has 0 saturated heterocycles. The molecule has 0 aliphatic carbocycles. The van der Waals surface area contributed by atoms with E-state index in [2.05, 4.69) is 14.9 Å². The number of nitrogens with zero attached hydrogens (tertiary/aromatic N) is 2. The smallest absolute Gasteiger partial charge is 0.304 e. The van der Waals surface area contributed by atoms with Crippen molar-refractivity contribution in [3.05, 3.63) is 11.4 Å². The fourth-order valence-electron chi connectivity index (χ4n) is 0.906. The van der Waals surface area contributed by atoms with Crippen LogP contribution in [0.3, 0.4) is 0 Å². The average Bonchev–Trinajstić information content (AvgIpc) is 2.46. The third-order valence-corrected chi connectivity index (χ3v) is 2.89. The van der Waals surface area contributed by atoms with E-state index in [-0.39, 0.29) is 11.7 Å². The second-order valence-electron chi connectivity index (χ2n) is 3.02. The Labute approximate surface area is 85.8 Å². The summed E-state index contributed by atoms with van der Waals surface area (Å²) in [5.74, 6) is -0.135. The van der Waals surface area contributed by atoms with Crippen LogP contribution in [0, 0.1) is 6.92 Å². The first kappa shape index (κ1) is 11.0. The van der Waals surface area contributed by atoms with Crippen molar-refractivity contribution in [1.82, 2.24) is 10.3 Å². The maximum absolute atomic E-state index is 10.4. The van der Waals surface area contributed by atoms with E-state index in [4.69, 9.17) is 5.11 Å². The highest BCUT2D eigenvalue weighted by Crippen LogP contribution is 2.19. The summed E-state index contributed by atoms with van der Waals surface area (Å²) in [6.07, 6.45) is 0.162. The summed E-state index contributed by atoms with van der Waals surface area (Å²) >= 11 is 1.53. The number of carboxylic acid groups (broad SMARTS) is 1. The molecule has 0 bridgehead atoms. The van der Waals surface area contributed by atoms with Gasteiger partial charge in [0.05, 0.1) is 6.42 Å². The normalized spacial score (nSPS) is 12.7. The van der Waals surface area contributed by atoms with Gasteiger partial charge in [0.2, 0.25) is 0 Å². The van der Waals surface area contributed by atoms with Gasteiger partial charge in [0, 0.05) is 11.0 Å². The van der Waals surface area contributed by atoms with Gasteiger partial charge in [0.1, 0.15) is 11.4 Å². The molecule has 1 aromatic rings. The van der Waals surface area contributed by atoms with Gasteiger partial charge in [-0.25, -0.2) is 4.63 Å². The molecular formula is C8H12N2O3S. The quantitative estimate of drug-likeness (QED) is 0.803. The van der Waals surface area contributed by atoms with Crippen molar-refractivity contribution < 1.29 is 14.5 Å². The van der Waals surface area contributed by atoms with Crippen molar-refractivity contribution in [2.75, 3.05) is 0 Å². The monoisotopic (exact) mass is 216 g/mol. The molecule has 78 valence electrons. The maximum atomic E-state index is 10.4. The Morgan fingerprint density at radius 3 is 2.86 bits per heavy atom. The molecule has 0 radical (unpaired) electrons. The maximum Gasteiger partial charge on any atom is 0.304 e. The van der Waals surface area contributed by atoms with E-state index in [9.17, 15) is 4.79 Å². The zero-order chi connectivity index (χ0) is 10.6. The predicted molar refractivity (Wildman–Crippen MR) is 52.0 cm³/mol. The Hall–Kier alpha value is -1.04. The van der Waals surface area contributed by atoms with Crippen molar-refractivity contribution >= 4 is 17.7 Å². The average molecular weight is 216 g/mol. The Bertz CT molecular complexity index is 313. The summed E-state index contributed by atoms with van der Waals surface area (Å²) in [4.78, 5) is 10.4. The lowest BCUT2D eigenvalue weighted by Gasteiger charge is -2.05. The zero-order valence-corrected chi connectivity index (χ0v) is 8.87. The molecule has 0 saturated carbocycles. The first-order valence-corrected chi connectivity index (χ1v) is 5.26. The Morgan fingerprint density at radius 2 is 2.36 bits per heavy atom. The summed E-state index contributed by atoms with van der Waals surface area (Å²) in [6, 6.07) is 0. The van der Waals surface area contributed by atoms with Crippen LogP contribution >= 0.6 is 11.8 Å². The third kappa shape index (κ3) is 3.37. The summed E-state index contributed by atoms with van der Waals surface area (Å²) in [5, 5.41) is 16.0. The van der Waals surface area contributed by atoms with Crippen LogP contribution in [0.5, 0.6) is 0 Å². The molecule has 1 N–H and O–H groups in total. The van der Waals surface area contributed by atoms with Gasteiger partial charge in [0.25, 0.3) is 0 Å². The Kier molecular flexibility index (Phi) is 3.94. The third-order valence-electron chi connectivity index (χ3n) is 1.71. The minimum absolute atomic E-state index is 0.0728. The molecule has 5 nitrogen and oxygen atoms in total. The number of carbonyl (C=O) groups is 1. The number of aromatic nitrogens is 2. The molecule has 1 unspecified atom stereocenters. The lowest BCUT2D eigenvalue weighted by atomic mass is 10.3. The molecule has 0 spiro atoms. The minimum Gasteiger partial charge on any atom is -0.481 e. The minimum atomic E-state index is -0.778. The van der Waals surface area contributed by atoms with Gasteiger partial charge in [-0.05, 0) is 6.92 Å². The molecular weight excluding hydrogens is 204 g/mol. The highest BCUT2D eigenvalue weighted by Gasteiger charge is 2.11. The van der Waals surface area contributed by atoms with Crippen molar-refractivity contribution in [2.24, 2.45) is 0 Å². The SMILES string of the molecule is Cc1nonc1CSC(C)CC(=O)O. The number of hydrogen-bond donors (Lipinski definition) is 1. The lowest BCUT2D eigenvalue weighted by Crippen LogP contribution is -2.06. The number of rotatable bonds is 5. The highest BCUT2D eigenvalue weighted by molar-refractivity contribution is 7.99. The van der Waals surface area contributed by atoms with E-state index in [1.165, 1.54) is 11.8 Å². The number of thioether (sulfide) groups is 1. The van der Waals surface area contributed by atoms with Crippen LogP contribution in [0.15, 0.2) is 4.63 Å². The molecule has 1 aromatic heterocycles. The van der Waals surface area contributed by atoms with E-state index in [1.807, 2.05) is 13.8 Å². The fourth-order valence-corrected chi connectivity index (χ4v) is 1.87. The molecule has 0 fully saturated rings.